The molecule has 0 aromatic rings. The second-order valence-corrected chi connectivity index (χ2v) is 5.14. The highest BCUT2D eigenvalue weighted by molar-refractivity contribution is 5.76. The molecule has 7 heteroatoms. The molecular weight excluding hydrogens is 252 g/mol. The highest BCUT2D eigenvalue weighted by Gasteiger charge is 2.30. The molecular formula is C12H22N2O5. The first-order valence-corrected chi connectivity index (χ1v) is 6.25. The standard InChI is InChI=1S/C12H22N2O5/c1-12(2,18-3)8-13-11(17)14-4-5-19-7-9(14)6-10(15)16/h9H,4-8H2,1-3H3,(H,13,17)(H,15,16). The molecule has 0 bridgehead atoms. The molecule has 1 unspecified atom stereocenters. The molecule has 7 nitrogen and oxygen atoms in total. The molecule has 0 saturated carbocycles. The molecule has 0 aromatic heterocycles. The van der Waals surface area contributed by atoms with Crippen LogP contribution in [-0.4, -0.2) is 67.1 Å². The molecule has 19 heavy (non-hydrogen) atoms. The Hall–Kier alpha value is -1.34. The number of hydrogen-bond acceptors (Lipinski definition) is 4. The summed E-state index contributed by atoms with van der Waals surface area (Å²) in [5, 5.41) is 11.6. The number of rotatable bonds is 5. The van der Waals surface area contributed by atoms with Crippen LogP contribution < -0.4 is 5.32 Å². The largest absolute Gasteiger partial charge is 0.481 e. The lowest BCUT2D eigenvalue weighted by atomic mass is 10.1. The number of carboxylic acid groups (broad SMARTS) is 1. The number of urea groups is 1. The number of nitrogens with one attached hydrogen (secondary N) is 1. The Morgan fingerprint density at radius 2 is 2.21 bits per heavy atom. The van der Waals surface area contributed by atoms with Crippen molar-refractivity contribution in [3.8, 4) is 0 Å². The molecule has 1 saturated heterocycles. The number of amides is 2. The van der Waals surface area contributed by atoms with Crippen molar-refractivity contribution < 1.29 is 24.2 Å². The fourth-order valence-corrected chi connectivity index (χ4v) is 1.76. The molecule has 0 aromatic carbocycles. The molecule has 1 heterocycles. The van der Waals surface area contributed by atoms with Gasteiger partial charge >= 0.3 is 12.0 Å². The van der Waals surface area contributed by atoms with E-state index in [9.17, 15) is 9.59 Å². The monoisotopic (exact) mass is 274 g/mol. The molecule has 1 aliphatic heterocycles. The number of hydrogen-bond donors (Lipinski definition) is 2. The van der Waals surface area contributed by atoms with Crippen molar-refractivity contribution in [2.75, 3.05) is 33.4 Å². The van der Waals surface area contributed by atoms with E-state index in [0.29, 0.717) is 19.7 Å². The molecule has 110 valence electrons. The van der Waals surface area contributed by atoms with Crippen molar-refractivity contribution in [1.29, 1.82) is 0 Å². The molecule has 1 fully saturated rings. The molecule has 2 amide bonds. The van der Waals surface area contributed by atoms with Crippen LogP contribution in [0.1, 0.15) is 20.3 Å². The van der Waals surface area contributed by atoms with Crippen LogP contribution >= 0.6 is 0 Å². The van der Waals surface area contributed by atoms with Crippen molar-refractivity contribution in [2.24, 2.45) is 0 Å². The zero-order valence-corrected chi connectivity index (χ0v) is 11.6. The number of carboxylic acids is 1. The minimum absolute atomic E-state index is 0.110. The molecule has 0 radical (unpaired) electrons. The second kappa shape index (κ2) is 6.72. The summed E-state index contributed by atoms with van der Waals surface area (Å²) in [6.07, 6.45) is -0.110. The number of morpholine rings is 1. The van der Waals surface area contributed by atoms with Crippen LogP contribution in [0.25, 0.3) is 0 Å². The molecule has 1 aliphatic rings. The van der Waals surface area contributed by atoms with Gasteiger partial charge in [-0.1, -0.05) is 0 Å². The minimum Gasteiger partial charge on any atom is -0.481 e. The van der Waals surface area contributed by atoms with Crippen molar-refractivity contribution in [3.05, 3.63) is 0 Å². The van der Waals surface area contributed by atoms with E-state index < -0.39 is 17.6 Å². The van der Waals surface area contributed by atoms with Crippen molar-refractivity contribution >= 4 is 12.0 Å². The van der Waals surface area contributed by atoms with Gasteiger partial charge in [-0.15, -0.1) is 0 Å². The summed E-state index contributed by atoms with van der Waals surface area (Å²) >= 11 is 0. The van der Waals surface area contributed by atoms with Gasteiger partial charge in [0.2, 0.25) is 0 Å². The van der Waals surface area contributed by atoms with Gasteiger partial charge in [-0.2, -0.15) is 0 Å². The summed E-state index contributed by atoms with van der Waals surface area (Å²) < 4.78 is 10.4. The molecule has 0 spiro atoms. The van der Waals surface area contributed by atoms with Gasteiger partial charge in [0.05, 0.1) is 31.3 Å². The zero-order valence-electron chi connectivity index (χ0n) is 11.6. The van der Waals surface area contributed by atoms with E-state index in [1.165, 1.54) is 4.90 Å². The van der Waals surface area contributed by atoms with E-state index in [1.807, 2.05) is 13.8 Å². The first-order valence-electron chi connectivity index (χ1n) is 6.25. The predicted octanol–water partition coefficient (Wildman–Crippen LogP) is 0.297. The number of carbonyl (C=O) groups excluding carboxylic acids is 1. The number of ether oxygens (including phenoxy) is 2. The van der Waals surface area contributed by atoms with Crippen LogP contribution in [0.4, 0.5) is 4.79 Å². The van der Waals surface area contributed by atoms with E-state index >= 15 is 0 Å². The highest BCUT2D eigenvalue weighted by atomic mass is 16.5. The maximum Gasteiger partial charge on any atom is 0.317 e. The normalized spacial score (nSPS) is 20.2. The van der Waals surface area contributed by atoms with Gasteiger partial charge in [-0.25, -0.2) is 4.79 Å². The Balaban J connectivity index is 2.54. The Bertz CT molecular complexity index is 332. The number of methoxy groups -OCH3 is 1. The molecule has 1 atom stereocenters. The van der Waals surface area contributed by atoms with E-state index in [-0.39, 0.29) is 19.1 Å². The topological polar surface area (TPSA) is 88.1 Å². The van der Waals surface area contributed by atoms with E-state index in [0.717, 1.165) is 0 Å². The minimum atomic E-state index is -0.939. The fraction of sp³-hybridized carbons (Fsp3) is 0.833. The summed E-state index contributed by atoms with van der Waals surface area (Å²) in [6.45, 7) is 5.17. The van der Waals surface area contributed by atoms with E-state index in [4.69, 9.17) is 14.6 Å². The van der Waals surface area contributed by atoms with Crippen LogP contribution in [0.15, 0.2) is 0 Å². The summed E-state index contributed by atoms with van der Waals surface area (Å²) in [4.78, 5) is 24.3. The molecule has 1 rings (SSSR count). The van der Waals surface area contributed by atoms with Gasteiger partial charge in [0, 0.05) is 20.2 Å². The molecule has 2 N–H and O–H groups in total. The van der Waals surface area contributed by atoms with Crippen LogP contribution in [0.3, 0.4) is 0 Å². The lowest BCUT2D eigenvalue weighted by molar-refractivity contribution is -0.139. The van der Waals surface area contributed by atoms with Gasteiger partial charge in [-0.3, -0.25) is 4.79 Å². The van der Waals surface area contributed by atoms with Gasteiger partial charge in [0.25, 0.3) is 0 Å². The second-order valence-electron chi connectivity index (χ2n) is 5.14. The van der Waals surface area contributed by atoms with E-state index in [1.54, 1.807) is 7.11 Å². The Labute approximate surface area is 112 Å². The summed E-state index contributed by atoms with van der Waals surface area (Å²) in [6, 6.07) is -0.698. The SMILES string of the molecule is COC(C)(C)CNC(=O)N1CCOCC1CC(=O)O. The maximum absolute atomic E-state index is 12.1. The summed E-state index contributed by atoms with van der Waals surface area (Å²) in [5.74, 6) is -0.939. The third kappa shape index (κ3) is 5.04. The Morgan fingerprint density at radius 3 is 2.79 bits per heavy atom. The average Bonchev–Trinajstić information content (AvgIpc) is 2.36. The Morgan fingerprint density at radius 1 is 1.53 bits per heavy atom. The zero-order chi connectivity index (χ0) is 14.5. The van der Waals surface area contributed by atoms with E-state index in [2.05, 4.69) is 5.32 Å². The quantitative estimate of drug-likeness (QED) is 0.752. The van der Waals surface area contributed by atoms with Crippen LogP contribution in [-0.2, 0) is 14.3 Å². The third-order valence-corrected chi connectivity index (χ3v) is 3.12. The lowest BCUT2D eigenvalue weighted by Gasteiger charge is -2.35. The predicted molar refractivity (Wildman–Crippen MR) is 68.1 cm³/mol. The lowest BCUT2D eigenvalue weighted by Crippen LogP contribution is -2.55. The number of carbonyl (C=O) groups is 2. The van der Waals surface area contributed by atoms with Crippen LogP contribution in [0.5, 0.6) is 0 Å². The smallest absolute Gasteiger partial charge is 0.317 e. The van der Waals surface area contributed by atoms with Gasteiger partial charge < -0.3 is 24.8 Å². The Kier molecular flexibility index (Phi) is 5.56. The summed E-state index contributed by atoms with van der Waals surface area (Å²) in [7, 11) is 1.58. The van der Waals surface area contributed by atoms with Crippen molar-refractivity contribution in [1.82, 2.24) is 10.2 Å². The first kappa shape index (κ1) is 15.7. The van der Waals surface area contributed by atoms with Gasteiger partial charge in [0.15, 0.2) is 0 Å². The number of nitrogens with zero attached hydrogens (tertiary/aromatic N) is 1. The highest BCUT2D eigenvalue weighted by Crippen LogP contribution is 2.12. The van der Waals surface area contributed by atoms with Gasteiger partial charge in [-0.05, 0) is 13.8 Å². The van der Waals surface area contributed by atoms with Crippen molar-refractivity contribution in [2.45, 2.75) is 31.9 Å². The van der Waals surface area contributed by atoms with Gasteiger partial charge in [0.1, 0.15) is 0 Å². The fourth-order valence-electron chi connectivity index (χ4n) is 1.76. The first-order chi connectivity index (χ1) is 8.85. The van der Waals surface area contributed by atoms with Crippen LogP contribution in [0, 0.1) is 0 Å². The number of aliphatic carboxylic acids is 1. The van der Waals surface area contributed by atoms with Crippen LogP contribution in [0.2, 0.25) is 0 Å². The molecule has 0 aliphatic carbocycles. The average molecular weight is 274 g/mol. The van der Waals surface area contributed by atoms with Crippen molar-refractivity contribution in [3.63, 3.8) is 0 Å². The third-order valence-electron chi connectivity index (χ3n) is 3.12. The maximum atomic E-state index is 12.1. The summed E-state index contributed by atoms with van der Waals surface area (Å²) in [5.41, 5.74) is -0.454.